The molecule has 0 radical (unpaired) electrons. The summed E-state index contributed by atoms with van der Waals surface area (Å²) in [6.07, 6.45) is 2.32. The van der Waals surface area contributed by atoms with Crippen LogP contribution in [0.25, 0.3) is 5.69 Å². The number of aromatic nitrogens is 2. The average Bonchev–Trinajstić information content (AvgIpc) is 3.57. The summed E-state index contributed by atoms with van der Waals surface area (Å²) in [5, 5.41) is 16.0. The van der Waals surface area contributed by atoms with Gasteiger partial charge in [0.1, 0.15) is 16.4 Å². The summed E-state index contributed by atoms with van der Waals surface area (Å²) in [7, 11) is -2.66. The largest absolute Gasteiger partial charge is 0.497 e. The van der Waals surface area contributed by atoms with Crippen LogP contribution in [0, 0.1) is 17.0 Å². The van der Waals surface area contributed by atoms with E-state index in [0.29, 0.717) is 36.5 Å². The number of hydrogen-bond donors (Lipinski definition) is 1. The number of methoxy groups -OCH3 is 1. The van der Waals surface area contributed by atoms with Gasteiger partial charge in [-0.25, -0.2) is 13.1 Å². The number of likely N-dealkylation sites (tertiary alicyclic amines) is 1. The van der Waals surface area contributed by atoms with Gasteiger partial charge >= 0.3 is 0 Å². The zero-order chi connectivity index (χ0) is 28.3. The van der Waals surface area contributed by atoms with Crippen molar-refractivity contribution in [3.63, 3.8) is 0 Å². The van der Waals surface area contributed by atoms with Gasteiger partial charge in [0.05, 0.1) is 17.7 Å². The standard InChI is InChI=1S/C26H31N5O7S/c1-5-17(2)28-39(35,36)23-16-20(31(33)34)10-13-22(23)38-26-18(3)24(25(32)29-14-6-7-15-29)27-30(26)19-8-11-21(37-4)12-9-19/h8-13,16-17,28H,5-7,14-15H2,1-4H3/t17-/m1/s1. The maximum Gasteiger partial charge on any atom is 0.274 e. The van der Waals surface area contributed by atoms with Gasteiger partial charge in [0.2, 0.25) is 15.9 Å². The zero-order valence-electron chi connectivity index (χ0n) is 22.2. The Bertz CT molecular complexity index is 1480. The summed E-state index contributed by atoms with van der Waals surface area (Å²) in [6, 6.07) is 9.82. The highest BCUT2D eigenvalue weighted by molar-refractivity contribution is 7.89. The number of nitrogens with one attached hydrogen (secondary N) is 1. The highest BCUT2D eigenvalue weighted by atomic mass is 32.2. The van der Waals surface area contributed by atoms with Crippen LogP contribution in [-0.4, -0.2) is 60.2 Å². The lowest BCUT2D eigenvalue weighted by Crippen LogP contribution is -2.32. The van der Waals surface area contributed by atoms with Gasteiger partial charge in [-0.15, -0.1) is 0 Å². The number of ether oxygens (including phenoxy) is 2. The third-order valence-corrected chi connectivity index (χ3v) is 8.19. The zero-order valence-corrected chi connectivity index (χ0v) is 23.0. The molecule has 1 atom stereocenters. The summed E-state index contributed by atoms with van der Waals surface area (Å²) in [5.74, 6) is 0.321. The lowest BCUT2D eigenvalue weighted by molar-refractivity contribution is -0.385. The fourth-order valence-corrected chi connectivity index (χ4v) is 5.67. The summed E-state index contributed by atoms with van der Waals surface area (Å²) < 4.78 is 41.9. The summed E-state index contributed by atoms with van der Waals surface area (Å²) in [6.45, 7) is 6.41. The maximum atomic E-state index is 13.3. The SMILES string of the molecule is CC[C@@H](C)NS(=O)(=O)c1cc([N+](=O)[O-])ccc1Oc1c(C)c(C(=O)N2CCCC2)nn1-c1ccc(OC)cc1. The third kappa shape index (κ3) is 5.88. The minimum Gasteiger partial charge on any atom is -0.497 e. The summed E-state index contributed by atoms with van der Waals surface area (Å²) in [5.41, 5.74) is 0.710. The van der Waals surface area contributed by atoms with Crippen LogP contribution in [0.2, 0.25) is 0 Å². The highest BCUT2D eigenvalue weighted by Crippen LogP contribution is 2.36. The van der Waals surface area contributed by atoms with E-state index in [1.807, 2.05) is 6.92 Å². The molecule has 1 aliphatic rings. The van der Waals surface area contributed by atoms with E-state index in [0.717, 1.165) is 25.0 Å². The molecule has 3 aromatic rings. The van der Waals surface area contributed by atoms with Crippen molar-refractivity contribution in [1.82, 2.24) is 19.4 Å². The van der Waals surface area contributed by atoms with Crippen LogP contribution in [-0.2, 0) is 10.0 Å². The number of benzene rings is 2. The number of carbonyl (C=O) groups excluding carboxylic acids is 1. The number of rotatable bonds is 10. The normalized spacial score (nSPS) is 14.3. The molecule has 1 aliphatic heterocycles. The summed E-state index contributed by atoms with van der Waals surface area (Å²) in [4.78, 5) is 25.4. The van der Waals surface area contributed by atoms with Crippen molar-refractivity contribution in [2.45, 2.75) is 51.0 Å². The van der Waals surface area contributed by atoms with Crippen molar-refractivity contribution < 1.29 is 27.6 Å². The van der Waals surface area contributed by atoms with Crippen molar-refractivity contribution in [3.05, 3.63) is 63.8 Å². The van der Waals surface area contributed by atoms with E-state index >= 15 is 0 Å². The third-order valence-electron chi connectivity index (χ3n) is 6.58. The molecule has 0 aliphatic carbocycles. The van der Waals surface area contributed by atoms with Gasteiger partial charge < -0.3 is 14.4 Å². The van der Waals surface area contributed by atoms with Crippen molar-refractivity contribution in [2.24, 2.45) is 0 Å². The molecule has 13 heteroatoms. The molecular formula is C26H31N5O7S. The molecule has 0 saturated carbocycles. The second kappa shape index (κ2) is 11.4. The maximum absolute atomic E-state index is 13.3. The fourth-order valence-electron chi connectivity index (χ4n) is 4.19. The number of hydrogen-bond acceptors (Lipinski definition) is 8. The number of carbonyl (C=O) groups is 1. The number of non-ortho nitro benzene ring substituents is 1. The van der Waals surface area contributed by atoms with Gasteiger partial charge in [0, 0.05) is 36.8 Å². The van der Waals surface area contributed by atoms with Crippen molar-refractivity contribution in [3.8, 4) is 23.1 Å². The average molecular weight is 558 g/mol. The molecule has 208 valence electrons. The monoisotopic (exact) mass is 557 g/mol. The Kier molecular flexibility index (Phi) is 8.21. The topological polar surface area (TPSA) is 146 Å². The van der Waals surface area contributed by atoms with Crippen LogP contribution in [0.4, 0.5) is 5.69 Å². The molecule has 0 bridgehead atoms. The van der Waals surface area contributed by atoms with E-state index in [1.54, 1.807) is 50.1 Å². The Morgan fingerprint density at radius 1 is 1.18 bits per heavy atom. The lowest BCUT2D eigenvalue weighted by Gasteiger charge is -2.16. The molecule has 4 rings (SSSR count). The molecule has 39 heavy (non-hydrogen) atoms. The van der Waals surface area contributed by atoms with E-state index in [9.17, 15) is 23.3 Å². The number of sulfonamides is 1. The number of nitro groups is 1. The minimum atomic E-state index is -4.20. The van der Waals surface area contributed by atoms with Crippen molar-refractivity contribution in [2.75, 3.05) is 20.2 Å². The molecule has 12 nitrogen and oxygen atoms in total. The molecule has 2 heterocycles. The summed E-state index contributed by atoms with van der Waals surface area (Å²) >= 11 is 0. The van der Waals surface area contributed by atoms with Crippen LogP contribution in [0.15, 0.2) is 47.4 Å². The Hall–Kier alpha value is -3.97. The molecule has 2 aromatic carbocycles. The highest BCUT2D eigenvalue weighted by Gasteiger charge is 2.30. The molecule has 1 fully saturated rings. The Morgan fingerprint density at radius 3 is 2.44 bits per heavy atom. The van der Waals surface area contributed by atoms with Gasteiger partial charge in [-0.1, -0.05) is 6.92 Å². The minimum absolute atomic E-state index is 0.108. The van der Waals surface area contributed by atoms with Crippen LogP contribution in [0.1, 0.15) is 49.2 Å². The van der Waals surface area contributed by atoms with Gasteiger partial charge in [-0.2, -0.15) is 9.78 Å². The molecule has 1 saturated heterocycles. The Balaban J connectivity index is 1.86. The Morgan fingerprint density at radius 2 is 1.85 bits per heavy atom. The predicted octanol–water partition coefficient (Wildman–Crippen LogP) is 4.20. The smallest absolute Gasteiger partial charge is 0.274 e. The van der Waals surface area contributed by atoms with Crippen molar-refractivity contribution in [1.29, 1.82) is 0 Å². The van der Waals surface area contributed by atoms with Crippen LogP contribution >= 0.6 is 0 Å². The predicted molar refractivity (Wildman–Crippen MR) is 143 cm³/mol. The first-order chi connectivity index (χ1) is 18.6. The quantitative estimate of drug-likeness (QED) is 0.288. The van der Waals surface area contributed by atoms with E-state index in [4.69, 9.17) is 9.47 Å². The van der Waals surface area contributed by atoms with Gasteiger partial charge in [0.15, 0.2) is 5.69 Å². The molecule has 0 unspecified atom stereocenters. The van der Waals surface area contributed by atoms with Gasteiger partial charge in [-0.3, -0.25) is 14.9 Å². The second-order valence-electron chi connectivity index (χ2n) is 9.31. The van der Waals surface area contributed by atoms with E-state index < -0.39 is 31.6 Å². The molecule has 1 amide bonds. The van der Waals surface area contributed by atoms with Crippen LogP contribution < -0.4 is 14.2 Å². The molecule has 1 aromatic heterocycles. The molecule has 1 N–H and O–H groups in total. The van der Waals surface area contributed by atoms with Crippen LogP contribution in [0.3, 0.4) is 0 Å². The van der Waals surface area contributed by atoms with E-state index in [2.05, 4.69) is 9.82 Å². The molecule has 0 spiro atoms. The number of amides is 1. The fraction of sp³-hybridized carbons (Fsp3) is 0.385. The first-order valence-corrected chi connectivity index (χ1v) is 14.1. The van der Waals surface area contributed by atoms with Crippen molar-refractivity contribution >= 4 is 21.6 Å². The molecular weight excluding hydrogens is 526 g/mol. The van der Waals surface area contributed by atoms with E-state index in [1.165, 1.54) is 10.7 Å². The van der Waals surface area contributed by atoms with Gasteiger partial charge in [-0.05, 0) is 63.4 Å². The second-order valence-corrected chi connectivity index (χ2v) is 11.0. The van der Waals surface area contributed by atoms with Crippen LogP contribution in [0.5, 0.6) is 17.4 Å². The number of nitrogens with zero attached hydrogens (tertiary/aromatic N) is 4. The lowest BCUT2D eigenvalue weighted by atomic mass is 10.2. The van der Waals surface area contributed by atoms with Gasteiger partial charge in [0.25, 0.3) is 11.6 Å². The first-order valence-electron chi connectivity index (χ1n) is 12.6. The Labute approximate surface area is 226 Å². The number of nitro benzene ring substituents is 1. The first kappa shape index (κ1) is 28.0. The van der Waals surface area contributed by atoms with E-state index in [-0.39, 0.29) is 23.2 Å².